The van der Waals surface area contributed by atoms with E-state index in [0.717, 1.165) is 13.0 Å². The lowest BCUT2D eigenvalue weighted by molar-refractivity contribution is 0.393. The second-order valence-electron chi connectivity index (χ2n) is 3.41. The van der Waals surface area contributed by atoms with E-state index in [1.807, 2.05) is 4.90 Å². The van der Waals surface area contributed by atoms with Gasteiger partial charge in [-0.15, -0.1) is 0 Å². The summed E-state index contributed by atoms with van der Waals surface area (Å²) < 4.78 is 0. The van der Waals surface area contributed by atoms with E-state index in [2.05, 4.69) is 37.8 Å². The predicted octanol–water partition coefficient (Wildman–Crippen LogP) is 1.90. The van der Waals surface area contributed by atoms with E-state index in [1.165, 1.54) is 11.1 Å². The quantitative estimate of drug-likeness (QED) is 0.718. The van der Waals surface area contributed by atoms with Crippen LogP contribution in [0.4, 0.5) is 0 Å². The Hall–Kier alpha value is -1.28. The van der Waals surface area contributed by atoms with Gasteiger partial charge in [0.15, 0.2) is 0 Å². The summed E-state index contributed by atoms with van der Waals surface area (Å²) in [5.41, 5.74) is 8.17. The Bertz CT molecular complexity index is 277. The lowest BCUT2D eigenvalue weighted by Crippen LogP contribution is -2.26. The molecule has 0 heterocycles. The lowest BCUT2D eigenvalue weighted by atomic mass is 10.1. The highest BCUT2D eigenvalue weighted by Crippen LogP contribution is 2.04. The summed E-state index contributed by atoms with van der Waals surface area (Å²) in [6.07, 6.45) is 2.80. The molecule has 1 aromatic rings. The highest BCUT2D eigenvalue weighted by Gasteiger charge is 1.96. The number of rotatable bonds is 5. The van der Waals surface area contributed by atoms with Gasteiger partial charge in [0.2, 0.25) is 0 Å². The van der Waals surface area contributed by atoms with Gasteiger partial charge in [0, 0.05) is 6.54 Å². The molecule has 0 aliphatic heterocycles. The topological polar surface area (TPSA) is 29.3 Å². The summed E-state index contributed by atoms with van der Waals surface area (Å²) in [5.74, 6) is 0. The van der Waals surface area contributed by atoms with Crippen molar-refractivity contribution in [2.75, 3.05) is 13.2 Å². The van der Waals surface area contributed by atoms with Crippen LogP contribution in [0.2, 0.25) is 0 Å². The Labute approximate surface area is 86.0 Å². The van der Waals surface area contributed by atoms with Crippen molar-refractivity contribution in [1.29, 1.82) is 0 Å². The molecule has 0 aliphatic carbocycles. The number of nitrogens with zero attached hydrogens (tertiary/aromatic N) is 1. The van der Waals surface area contributed by atoms with Gasteiger partial charge in [-0.3, -0.25) is 0 Å². The van der Waals surface area contributed by atoms with Gasteiger partial charge in [0.05, 0.1) is 6.67 Å². The fourth-order valence-electron chi connectivity index (χ4n) is 1.28. The molecule has 0 saturated heterocycles. The van der Waals surface area contributed by atoms with E-state index in [-0.39, 0.29) is 0 Å². The third-order valence-electron chi connectivity index (χ3n) is 2.30. The van der Waals surface area contributed by atoms with Gasteiger partial charge in [-0.1, -0.05) is 36.4 Å². The maximum absolute atomic E-state index is 5.53. The summed E-state index contributed by atoms with van der Waals surface area (Å²) in [6, 6.07) is 8.59. The van der Waals surface area contributed by atoms with Crippen molar-refractivity contribution in [3.63, 3.8) is 0 Å². The van der Waals surface area contributed by atoms with Gasteiger partial charge in [-0.2, -0.15) is 0 Å². The highest BCUT2D eigenvalue weighted by molar-refractivity contribution is 5.21. The first kappa shape index (κ1) is 10.8. The van der Waals surface area contributed by atoms with Crippen molar-refractivity contribution in [1.82, 2.24) is 4.90 Å². The molecule has 2 heteroatoms. The van der Waals surface area contributed by atoms with Crippen LogP contribution >= 0.6 is 0 Å². The molecule has 0 radical (unpaired) electrons. The fourth-order valence-corrected chi connectivity index (χ4v) is 1.28. The summed E-state index contributed by atoms with van der Waals surface area (Å²) in [6.45, 7) is 7.27. The molecular formula is C12H18N2. The molecular weight excluding hydrogens is 172 g/mol. The van der Waals surface area contributed by atoms with Crippen LogP contribution in [0.15, 0.2) is 37.0 Å². The third-order valence-corrected chi connectivity index (χ3v) is 2.30. The number of nitrogens with two attached hydrogens (primary N) is 1. The second-order valence-corrected chi connectivity index (χ2v) is 3.41. The van der Waals surface area contributed by atoms with Gasteiger partial charge in [0.1, 0.15) is 0 Å². The molecule has 0 bridgehead atoms. The van der Waals surface area contributed by atoms with Gasteiger partial charge < -0.3 is 10.6 Å². The van der Waals surface area contributed by atoms with E-state index < -0.39 is 0 Å². The van der Waals surface area contributed by atoms with Crippen molar-refractivity contribution in [2.24, 2.45) is 5.73 Å². The molecule has 14 heavy (non-hydrogen) atoms. The van der Waals surface area contributed by atoms with Crippen LogP contribution in [0.1, 0.15) is 11.1 Å². The Morgan fingerprint density at radius 2 is 2.00 bits per heavy atom. The summed E-state index contributed by atoms with van der Waals surface area (Å²) in [5, 5.41) is 0. The molecule has 0 unspecified atom stereocenters. The number of aryl methyl sites for hydroxylation is 1. The Morgan fingerprint density at radius 3 is 2.50 bits per heavy atom. The molecule has 0 aliphatic rings. The molecule has 2 N–H and O–H groups in total. The molecule has 0 amide bonds. The van der Waals surface area contributed by atoms with Crippen LogP contribution in [0.25, 0.3) is 0 Å². The standard InChI is InChI=1S/C12H18N2/c1-3-14(10-13)9-8-12-6-4-11(2)5-7-12/h3-7H,1,8-10,13H2,2H3. The van der Waals surface area contributed by atoms with Crippen molar-refractivity contribution >= 4 is 0 Å². The fraction of sp³-hybridized carbons (Fsp3) is 0.333. The maximum atomic E-state index is 5.53. The normalized spacial score (nSPS) is 9.86. The average molecular weight is 190 g/mol. The predicted molar refractivity (Wildman–Crippen MR) is 60.8 cm³/mol. The molecule has 0 spiro atoms. The maximum Gasteiger partial charge on any atom is 0.0651 e. The number of hydrogen-bond acceptors (Lipinski definition) is 2. The second kappa shape index (κ2) is 5.45. The smallest absolute Gasteiger partial charge is 0.0651 e. The zero-order valence-corrected chi connectivity index (χ0v) is 8.74. The molecule has 1 aromatic carbocycles. The van der Waals surface area contributed by atoms with E-state index in [0.29, 0.717) is 6.67 Å². The first-order chi connectivity index (χ1) is 6.76. The largest absolute Gasteiger partial charge is 0.365 e. The zero-order valence-electron chi connectivity index (χ0n) is 8.74. The first-order valence-corrected chi connectivity index (χ1v) is 4.88. The van der Waals surface area contributed by atoms with E-state index in [1.54, 1.807) is 6.20 Å². The Balaban J connectivity index is 2.45. The van der Waals surface area contributed by atoms with Crippen molar-refractivity contribution in [3.8, 4) is 0 Å². The third kappa shape index (κ3) is 3.23. The molecule has 1 rings (SSSR count). The van der Waals surface area contributed by atoms with Crippen LogP contribution in [0, 0.1) is 6.92 Å². The minimum atomic E-state index is 0.537. The van der Waals surface area contributed by atoms with Crippen LogP contribution in [0.5, 0.6) is 0 Å². The summed E-state index contributed by atoms with van der Waals surface area (Å²) >= 11 is 0. The first-order valence-electron chi connectivity index (χ1n) is 4.88. The molecule has 0 aromatic heterocycles. The highest BCUT2D eigenvalue weighted by atomic mass is 15.1. The van der Waals surface area contributed by atoms with Crippen LogP contribution in [-0.4, -0.2) is 18.1 Å². The number of benzene rings is 1. The summed E-state index contributed by atoms with van der Waals surface area (Å²) in [4.78, 5) is 2.00. The zero-order chi connectivity index (χ0) is 10.4. The van der Waals surface area contributed by atoms with Crippen molar-refractivity contribution in [2.45, 2.75) is 13.3 Å². The van der Waals surface area contributed by atoms with Crippen molar-refractivity contribution in [3.05, 3.63) is 48.2 Å². The minimum absolute atomic E-state index is 0.537. The summed E-state index contributed by atoms with van der Waals surface area (Å²) in [7, 11) is 0. The van der Waals surface area contributed by atoms with Crippen LogP contribution < -0.4 is 5.73 Å². The molecule has 0 atom stereocenters. The lowest BCUT2D eigenvalue weighted by Gasteiger charge is -2.16. The number of hydrogen-bond donors (Lipinski definition) is 1. The van der Waals surface area contributed by atoms with Gasteiger partial charge in [0.25, 0.3) is 0 Å². The van der Waals surface area contributed by atoms with Crippen molar-refractivity contribution < 1.29 is 0 Å². The van der Waals surface area contributed by atoms with E-state index in [9.17, 15) is 0 Å². The van der Waals surface area contributed by atoms with E-state index in [4.69, 9.17) is 5.73 Å². The Morgan fingerprint density at radius 1 is 1.36 bits per heavy atom. The van der Waals surface area contributed by atoms with Crippen LogP contribution in [-0.2, 0) is 6.42 Å². The minimum Gasteiger partial charge on any atom is -0.365 e. The SMILES string of the molecule is C=CN(CN)CCc1ccc(C)cc1. The molecule has 2 nitrogen and oxygen atoms in total. The Kier molecular flexibility index (Phi) is 4.20. The van der Waals surface area contributed by atoms with Crippen LogP contribution in [0.3, 0.4) is 0 Å². The van der Waals surface area contributed by atoms with Gasteiger partial charge in [-0.25, -0.2) is 0 Å². The van der Waals surface area contributed by atoms with Gasteiger partial charge >= 0.3 is 0 Å². The monoisotopic (exact) mass is 190 g/mol. The molecule has 0 saturated carbocycles. The molecule has 76 valence electrons. The van der Waals surface area contributed by atoms with E-state index >= 15 is 0 Å². The van der Waals surface area contributed by atoms with Gasteiger partial charge in [-0.05, 0) is 25.1 Å². The average Bonchev–Trinajstić information content (AvgIpc) is 2.22. The molecule has 0 fully saturated rings.